The van der Waals surface area contributed by atoms with E-state index in [1.807, 2.05) is 32.9 Å². The van der Waals surface area contributed by atoms with Crippen LogP contribution in [0.25, 0.3) is 0 Å². The molecule has 1 aromatic carbocycles. The van der Waals surface area contributed by atoms with Gasteiger partial charge in [-0.05, 0) is 44.5 Å². The molecule has 1 unspecified atom stereocenters. The molecule has 0 bridgehead atoms. The summed E-state index contributed by atoms with van der Waals surface area (Å²) in [5.41, 5.74) is 4.08. The summed E-state index contributed by atoms with van der Waals surface area (Å²) >= 11 is 0. The molecule has 1 rings (SSSR count). The van der Waals surface area contributed by atoms with Crippen LogP contribution in [0.4, 0.5) is 0 Å². The lowest BCUT2D eigenvalue weighted by Gasteiger charge is -2.17. The van der Waals surface area contributed by atoms with Gasteiger partial charge in [0.05, 0.1) is 0 Å². The lowest BCUT2D eigenvalue weighted by Crippen LogP contribution is -2.26. The number of hydrogen-bond donors (Lipinski definition) is 2. The Kier molecular flexibility index (Phi) is 5.48. The van der Waals surface area contributed by atoms with Gasteiger partial charge in [0.2, 0.25) is 0 Å². The Hall–Kier alpha value is -1.06. The van der Waals surface area contributed by atoms with Crippen molar-refractivity contribution in [1.29, 1.82) is 0 Å². The van der Waals surface area contributed by atoms with Crippen molar-refractivity contribution in [2.45, 2.75) is 26.8 Å². The SMILES string of the molecule is CNC(C(=O)O)c1c(C)cc(C)cc1C.Cl. The van der Waals surface area contributed by atoms with Gasteiger partial charge in [-0.3, -0.25) is 4.79 Å². The maximum Gasteiger partial charge on any atom is 0.325 e. The van der Waals surface area contributed by atoms with E-state index in [1.54, 1.807) is 7.05 Å². The van der Waals surface area contributed by atoms with Crippen LogP contribution in [0.5, 0.6) is 0 Å². The molecule has 1 aromatic rings. The number of aliphatic carboxylic acids is 1. The normalized spacial score (nSPS) is 11.8. The van der Waals surface area contributed by atoms with Crippen LogP contribution in [0.15, 0.2) is 12.1 Å². The van der Waals surface area contributed by atoms with Gasteiger partial charge in [-0.25, -0.2) is 0 Å². The number of aryl methyl sites for hydroxylation is 3. The standard InChI is InChI=1S/C12H17NO2.ClH/c1-7-5-8(2)10(9(3)6-7)11(13-4)12(14)15;/h5-6,11,13H,1-4H3,(H,14,15);1H. The van der Waals surface area contributed by atoms with Gasteiger partial charge in [0.1, 0.15) is 6.04 Å². The summed E-state index contributed by atoms with van der Waals surface area (Å²) in [6, 6.07) is 3.40. The largest absolute Gasteiger partial charge is 0.480 e. The minimum atomic E-state index is -0.840. The van der Waals surface area contributed by atoms with Crippen LogP contribution < -0.4 is 5.32 Å². The van der Waals surface area contributed by atoms with Crippen LogP contribution in [0.2, 0.25) is 0 Å². The Morgan fingerprint density at radius 2 is 1.69 bits per heavy atom. The third-order valence-corrected chi connectivity index (χ3v) is 2.56. The van der Waals surface area contributed by atoms with E-state index in [1.165, 1.54) is 0 Å². The molecule has 0 aliphatic heterocycles. The van der Waals surface area contributed by atoms with E-state index in [9.17, 15) is 4.79 Å². The summed E-state index contributed by atoms with van der Waals surface area (Å²) in [6.45, 7) is 5.91. The molecule has 3 nitrogen and oxygen atoms in total. The van der Waals surface area contributed by atoms with Crippen LogP contribution in [0.1, 0.15) is 28.3 Å². The van der Waals surface area contributed by atoms with Crippen LogP contribution in [-0.4, -0.2) is 18.1 Å². The molecule has 0 spiro atoms. The fourth-order valence-electron chi connectivity index (χ4n) is 2.04. The Morgan fingerprint density at radius 3 is 2.00 bits per heavy atom. The van der Waals surface area contributed by atoms with Crippen molar-refractivity contribution >= 4 is 18.4 Å². The highest BCUT2D eigenvalue weighted by atomic mass is 35.5. The van der Waals surface area contributed by atoms with Crippen molar-refractivity contribution in [3.8, 4) is 0 Å². The van der Waals surface area contributed by atoms with Gasteiger partial charge in [0.25, 0.3) is 0 Å². The van der Waals surface area contributed by atoms with Gasteiger partial charge >= 0.3 is 5.97 Å². The number of carboxylic acid groups (broad SMARTS) is 1. The molecule has 0 heterocycles. The zero-order chi connectivity index (χ0) is 11.6. The summed E-state index contributed by atoms with van der Waals surface area (Å²) in [5.74, 6) is -0.840. The fraction of sp³-hybridized carbons (Fsp3) is 0.417. The first kappa shape index (κ1) is 14.9. The minimum absolute atomic E-state index is 0. The number of carboxylic acids is 1. The van der Waals surface area contributed by atoms with Crippen LogP contribution >= 0.6 is 12.4 Å². The van der Waals surface area contributed by atoms with E-state index < -0.39 is 12.0 Å². The number of hydrogen-bond acceptors (Lipinski definition) is 2. The first-order chi connectivity index (χ1) is 6.97. The highest BCUT2D eigenvalue weighted by molar-refractivity contribution is 5.85. The molecule has 1 atom stereocenters. The molecule has 0 aliphatic rings. The molecule has 2 N–H and O–H groups in total. The molecule has 0 radical (unpaired) electrons. The highest BCUT2D eigenvalue weighted by Crippen LogP contribution is 2.23. The predicted octanol–water partition coefficient (Wildman–Crippen LogP) is 2.38. The van der Waals surface area contributed by atoms with Gasteiger partial charge < -0.3 is 10.4 Å². The number of carbonyl (C=O) groups is 1. The molecule has 0 saturated heterocycles. The molecule has 0 fully saturated rings. The molecule has 0 aromatic heterocycles. The second kappa shape index (κ2) is 5.87. The number of benzene rings is 1. The number of halogens is 1. The Balaban J connectivity index is 0.00000225. The van der Waals surface area contributed by atoms with E-state index in [-0.39, 0.29) is 12.4 Å². The second-order valence-corrected chi connectivity index (χ2v) is 3.87. The van der Waals surface area contributed by atoms with Gasteiger partial charge in [-0.15, -0.1) is 12.4 Å². The molecule has 4 heteroatoms. The van der Waals surface area contributed by atoms with Crippen LogP contribution in [0.3, 0.4) is 0 Å². The monoisotopic (exact) mass is 243 g/mol. The molecule has 0 aliphatic carbocycles. The highest BCUT2D eigenvalue weighted by Gasteiger charge is 2.21. The molecule has 0 amide bonds. The Bertz CT molecular complexity index is 368. The van der Waals surface area contributed by atoms with E-state index in [4.69, 9.17) is 5.11 Å². The third kappa shape index (κ3) is 2.97. The van der Waals surface area contributed by atoms with Crippen molar-refractivity contribution < 1.29 is 9.90 Å². The lowest BCUT2D eigenvalue weighted by atomic mass is 9.94. The first-order valence-corrected chi connectivity index (χ1v) is 4.95. The molecular formula is C12H18ClNO2. The maximum absolute atomic E-state index is 11.1. The first-order valence-electron chi connectivity index (χ1n) is 4.95. The van der Waals surface area contributed by atoms with Crippen molar-refractivity contribution in [1.82, 2.24) is 5.32 Å². The molecule has 0 saturated carbocycles. The average Bonchev–Trinajstić information content (AvgIpc) is 2.09. The average molecular weight is 244 g/mol. The summed E-state index contributed by atoms with van der Waals surface area (Å²) in [5, 5.41) is 11.9. The van der Waals surface area contributed by atoms with E-state index in [0.29, 0.717) is 0 Å². The van der Waals surface area contributed by atoms with Crippen molar-refractivity contribution in [3.63, 3.8) is 0 Å². The Labute approximate surface area is 102 Å². The summed E-state index contributed by atoms with van der Waals surface area (Å²) in [7, 11) is 1.66. The zero-order valence-electron chi connectivity index (χ0n) is 10.00. The Morgan fingerprint density at radius 1 is 1.25 bits per heavy atom. The topological polar surface area (TPSA) is 49.3 Å². The van der Waals surface area contributed by atoms with Gasteiger partial charge in [0, 0.05) is 0 Å². The van der Waals surface area contributed by atoms with Crippen LogP contribution in [0, 0.1) is 20.8 Å². The minimum Gasteiger partial charge on any atom is -0.480 e. The van der Waals surface area contributed by atoms with Crippen molar-refractivity contribution in [2.75, 3.05) is 7.05 Å². The van der Waals surface area contributed by atoms with E-state index in [0.717, 1.165) is 22.3 Å². The maximum atomic E-state index is 11.1. The van der Waals surface area contributed by atoms with Crippen molar-refractivity contribution in [2.24, 2.45) is 0 Å². The summed E-state index contributed by atoms with van der Waals surface area (Å²) in [4.78, 5) is 11.1. The number of likely N-dealkylation sites (N-methyl/N-ethyl adjacent to an activating group) is 1. The number of nitrogens with one attached hydrogen (secondary N) is 1. The molecule has 90 valence electrons. The van der Waals surface area contributed by atoms with Gasteiger partial charge in [-0.2, -0.15) is 0 Å². The quantitative estimate of drug-likeness (QED) is 0.857. The molecular weight excluding hydrogens is 226 g/mol. The van der Waals surface area contributed by atoms with Crippen molar-refractivity contribution in [3.05, 3.63) is 34.4 Å². The van der Waals surface area contributed by atoms with E-state index in [2.05, 4.69) is 5.32 Å². The fourth-order valence-corrected chi connectivity index (χ4v) is 2.04. The van der Waals surface area contributed by atoms with E-state index >= 15 is 0 Å². The third-order valence-electron chi connectivity index (χ3n) is 2.56. The van der Waals surface area contributed by atoms with Gasteiger partial charge in [0.15, 0.2) is 0 Å². The second-order valence-electron chi connectivity index (χ2n) is 3.87. The van der Waals surface area contributed by atoms with Gasteiger partial charge in [-0.1, -0.05) is 17.7 Å². The smallest absolute Gasteiger partial charge is 0.325 e. The summed E-state index contributed by atoms with van der Waals surface area (Å²) in [6.07, 6.45) is 0. The number of rotatable bonds is 3. The lowest BCUT2D eigenvalue weighted by molar-refractivity contribution is -0.139. The molecule has 16 heavy (non-hydrogen) atoms. The zero-order valence-corrected chi connectivity index (χ0v) is 10.8. The summed E-state index contributed by atoms with van der Waals surface area (Å²) < 4.78 is 0. The predicted molar refractivity (Wildman–Crippen MR) is 67.3 cm³/mol. The van der Waals surface area contributed by atoms with Crippen LogP contribution in [-0.2, 0) is 4.79 Å².